The van der Waals surface area contributed by atoms with E-state index in [4.69, 9.17) is 0 Å². The Balaban J connectivity index is 0. The summed E-state index contributed by atoms with van der Waals surface area (Å²) in [7, 11) is 0. The standard InChI is InChI=1S/C2H2N2S.Li.H/c1-2-5-4-3-1;;/h1-2H;;/q;+1;-1. The number of hydrogen-bond donors (Lipinski definition) is 0. The van der Waals surface area contributed by atoms with E-state index in [0.717, 1.165) is 0 Å². The van der Waals surface area contributed by atoms with E-state index in [-0.39, 0.29) is 20.3 Å². The summed E-state index contributed by atoms with van der Waals surface area (Å²) in [5, 5.41) is 5.31. The topological polar surface area (TPSA) is 25.8 Å². The Morgan fingerprint density at radius 2 is 2.50 bits per heavy atom. The maximum Gasteiger partial charge on any atom is 1.00 e. The predicted octanol–water partition coefficient (Wildman–Crippen LogP) is -2.35. The smallest absolute Gasteiger partial charge is 1.00 e. The third-order valence-corrected chi connectivity index (χ3v) is 0.715. The van der Waals surface area contributed by atoms with Crippen molar-refractivity contribution in [2.45, 2.75) is 0 Å². The summed E-state index contributed by atoms with van der Waals surface area (Å²) in [4.78, 5) is 0. The van der Waals surface area contributed by atoms with Crippen molar-refractivity contribution in [3.63, 3.8) is 0 Å². The van der Waals surface area contributed by atoms with Crippen LogP contribution in [0.15, 0.2) is 11.6 Å². The van der Waals surface area contributed by atoms with Crippen LogP contribution in [0.3, 0.4) is 0 Å². The average molecular weight is 94.1 g/mol. The molecule has 1 aromatic rings. The van der Waals surface area contributed by atoms with Crippen molar-refractivity contribution in [2.75, 3.05) is 0 Å². The van der Waals surface area contributed by atoms with E-state index in [9.17, 15) is 0 Å². The number of rotatable bonds is 0. The van der Waals surface area contributed by atoms with Gasteiger partial charge in [0, 0.05) is 5.38 Å². The third-order valence-electron chi connectivity index (χ3n) is 0.283. The maximum atomic E-state index is 3.51. The van der Waals surface area contributed by atoms with E-state index in [1.165, 1.54) is 11.5 Å². The fourth-order valence-corrected chi connectivity index (χ4v) is 0.408. The zero-order valence-electron chi connectivity index (χ0n) is 4.46. The SMILES string of the molecule is [H-].[Li+].c1csnn1. The molecule has 0 atom stereocenters. The zero-order chi connectivity index (χ0) is 3.54. The minimum atomic E-state index is 0. The number of nitrogens with zero attached hydrogens (tertiary/aromatic N) is 2. The van der Waals surface area contributed by atoms with Crippen molar-refractivity contribution in [3.8, 4) is 0 Å². The van der Waals surface area contributed by atoms with Crippen molar-refractivity contribution in [3.05, 3.63) is 11.6 Å². The molecular formula is C2H3LiN2S. The molecule has 1 rings (SSSR count). The Morgan fingerprint density at radius 1 is 1.67 bits per heavy atom. The maximum absolute atomic E-state index is 3.51. The number of aromatic nitrogens is 2. The van der Waals surface area contributed by atoms with Gasteiger partial charge in [0.25, 0.3) is 0 Å². The van der Waals surface area contributed by atoms with Gasteiger partial charge < -0.3 is 1.43 Å². The van der Waals surface area contributed by atoms with Crippen molar-refractivity contribution in [2.24, 2.45) is 0 Å². The molecule has 1 aromatic heterocycles. The Kier molecular flexibility index (Phi) is 3.44. The zero-order valence-corrected chi connectivity index (χ0v) is 4.27. The second-order valence-corrected chi connectivity index (χ2v) is 1.23. The molecule has 0 aromatic carbocycles. The van der Waals surface area contributed by atoms with Gasteiger partial charge in [-0.05, 0) is 11.5 Å². The Labute approximate surface area is 53.4 Å². The van der Waals surface area contributed by atoms with Crippen LogP contribution >= 0.6 is 11.5 Å². The van der Waals surface area contributed by atoms with Gasteiger partial charge in [0.05, 0.1) is 6.20 Å². The monoisotopic (exact) mass is 94.0 g/mol. The van der Waals surface area contributed by atoms with Crippen molar-refractivity contribution in [1.29, 1.82) is 0 Å². The quantitative estimate of drug-likeness (QED) is 0.336. The van der Waals surface area contributed by atoms with Gasteiger partial charge in [-0.25, -0.2) is 0 Å². The minimum Gasteiger partial charge on any atom is -1.00 e. The van der Waals surface area contributed by atoms with Gasteiger partial charge in [0.15, 0.2) is 0 Å². The van der Waals surface area contributed by atoms with Crippen molar-refractivity contribution in [1.82, 2.24) is 9.59 Å². The summed E-state index contributed by atoms with van der Waals surface area (Å²) in [5.41, 5.74) is 0. The van der Waals surface area contributed by atoms with Gasteiger partial charge in [-0.1, -0.05) is 4.49 Å². The molecule has 0 saturated heterocycles. The van der Waals surface area contributed by atoms with E-state index < -0.39 is 0 Å². The fraction of sp³-hybridized carbons (Fsp3) is 0. The van der Waals surface area contributed by atoms with Crippen LogP contribution in [0.4, 0.5) is 0 Å². The molecule has 0 amide bonds. The van der Waals surface area contributed by atoms with Gasteiger partial charge in [-0.2, -0.15) is 0 Å². The van der Waals surface area contributed by atoms with Gasteiger partial charge in [-0.3, -0.25) is 0 Å². The molecule has 0 aliphatic carbocycles. The molecule has 28 valence electrons. The van der Waals surface area contributed by atoms with Crippen molar-refractivity contribution >= 4 is 11.5 Å². The second kappa shape index (κ2) is 3.35. The molecular weight excluding hydrogens is 91.0 g/mol. The normalized spacial score (nSPS) is 6.67. The molecule has 6 heavy (non-hydrogen) atoms. The van der Waals surface area contributed by atoms with Gasteiger partial charge >= 0.3 is 18.9 Å². The van der Waals surface area contributed by atoms with Crippen LogP contribution in [0.5, 0.6) is 0 Å². The molecule has 0 spiro atoms. The predicted molar refractivity (Wildman–Crippen MR) is 21.0 cm³/mol. The van der Waals surface area contributed by atoms with Gasteiger partial charge in [0.2, 0.25) is 0 Å². The van der Waals surface area contributed by atoms with Gasteiger partial charge in [-0.15, -0.1) is 5.10 Å². The molecule has 2 nitrogen and oxygen atoms in total. The first-order valence-electron chi connectivity index (χ1n) is 1.21. The number of hydrogen-bond acceptors (Lipinski definition) is 3. The summed E-state index contributed by atoms with van der Waals surface area (Å²) in [6, 6.07) is 0. The van der Waals surface area contributed by atoms with E-state index in [1.807, 2.05) is 5.38 Å². The molecule has 0 saturated carbocycles. The van der Waals surface area contributed by atoms with E-state index in [0.29, 0.717) is 0 Å². The van der Waals surface area contributed by atoms with Crippen LogP contribution in [0.1, 0.15) is 1.43 Å². The molecule has 0 radical (unpaired) electrons. The minimum absolute atomic E-state index is 0. The van der Waals surface area contributed by atoms with Crippen LogP contribution in [-0.4, -0.2) is 9.59 Å². The van der Waals surface area contributed by atoms with Crippen LogP contribution in [-0.2, 0) is 0 Å². The van der Waals surface area contributed by atoms with Crippen molar-refractivity contribution < 1.29 is 20.3 Å². The first kappa shape index (κ1) is 6.16. The summed E-state index contributed by atoms with van der Waals surface area (Å²) >= 11 is 1.35. The van der Waals surface area contributed by atoms with Gasteiger partial charge in [0.1, 0.15) is 0 Å². The summed E-state index contributed by atoms with van der Waals surface area (Å²) in [6.45, 7) is 0. The van der Waals surface area contributed by atoms with Crippen LogP contribution in [0, 0.1) is 0 Å². The summed E-state index contributed by atoms with van der Waals surface area (Å²) in [5.74, 6) is 0. The van der Waals surface area contributed by atoms with Crippen LogP contribution < -0.4 is 18.9 Å². The van der Waals surface area contributed by atoms with Crippen LogP contribution in [0.25, 0.3) is 0 Å². The average Bonchev–Trinajstić information content (AvgIpc) is 1.76. The third kappa shape index (κ3) is 1.56. The second-order valence-electron chi connectivity index (χ2n) is 0.588. The Bertz CT molecular complexity index is 72.2. The molecule has 4 heteroatoms. The molecule has 0 fully saturated rings. The van der Waals surface area contributed by atoms with E-state index in [1.54, 1.807) is 6.20 Å². The molecule has 1 heterocycles. The summed E-state index contributed by atoms with van der Waals surface area (Å²) < 4.78 is 3.51. The molecule has 0 aliphatic heterocycles. The molecule has 0 unspecified atom stereocenters. The molecule has 0 bridgehead atoms. The largest absolute Gasteiger partial charge is 1.00 e. The molecule has 0 N–H and O–H groups in total. The Hall–Kier alpha value is 0.157. The first-order chi connectivity index (χ1) is 2.50. The van der Waals surface area contributed by atoms with E-state index in [2.05, 4.69) is 9.59 Å². The summed E-state index contributed by atoms with van der Waals surface area (Å²) in [6.07, 6.45) is 1.66. The molecule has 0 aliphatic rings. The van der Waals surface area contributed by atoms with Crippen LogP contribution in [0.2, 0.25) is 0 Å². The van der Waals surface area contributed by atoms with E-state index >= 15 is 0 Å². The fourth-order valence-electron chi connectivity index (χ4n) is 0.136. The first-order valence-corrected chi connectivity index (χ1v) is 2.05. The Morgan fingerprint density at radius 3 is 2.67 bits per heavy atom.